The fraction of sp³-hybridized carbons (Fsp3) is 0.423. The maximum absolute atomic E-state index is 10.8. The van der Waals surface area contributed by atoms with Crippen LogP contribution in [-0.2, 0) is 0 Å². The molecule has 0 spiro atoms. The number of benzene rings is 1. The van der Waals surface area contributed by atoms with Crippen molar-refractivity contribution in [3.8, 4) is 5.75 Å². The molecule has 1 N–H and O–H groups in total. The summed E-state index contributed by atoms with van der Waals surface area (Å²) in [6, 6.07) is 9.15. The van der Waals surface area contributed by atoms with Gasteiger partial charge in [0.05, 0.1) is 16.9 Å². The molecule has 0 saturated carbocycles. The van der Waals surface area contributed by atoms with Crippen LogP contribution in [0.2, 0.25) is 0 Å². The Kier molecular flexibility index (Phi) is 4.73. The van der Waals surface area contributed by atoms with E-state index in [-0.39, 0.29) is 0 Å². The van der Waals surface area contributed by atoms with Crippen molar-refractivity contribution in [1.82, 2.24) is 14.3 Å². The summed E-state index contributed by atoms with van der Waals surface area (Å²) in [5.74, 6) is 0.752. The lowest BCUT2D eigenvalue weighted by molar-refractivity contribution is 0.0320. The van der Waals surface area contributed by atoms with Crippen molar-refractivity contribution in [2.75, 3.05) is 31.1 Å². The number of fused-ring (bicyclic) bond motifs is 3. The number of nitrogens with zero attached hydrogens (tertiary/aromatic N) is 4. The molecule has 2 aromatic heterocycles. The summed E-state index contributed by atoms with van der Waals surface area (Å²) in [6.45, 7) is 8.50. The normalized spacial score (nSPS) is 23.5. The van der Waals surface area contributed by atoms with E-state index in [4.69, 9.17) is 4.74 Å². The average Bonchev–Trinajstić information content (AvgIpc) is 3.22. The monoisotopic (exact) mass is 430 g/mol. The molecule has 6 rings (SSSR count). The molecule has 2 fully saturated rings. The van der Waals surface area contributed by atoms with Crippen LogP contribution in [0.15, 0.2) is 36.7 Å². The van der Waals surface area contributed by atoms with E-state index in [2.05, 4.69) is 49.5 Å². The zero-order valence-electron chi connectivity index (χ0n) is 18.8. The Labute approximate surface area is 188 Å². The molecule has 0 radical (unpaired) electrons. The highest BCUT2D eigenvalue weighted by Crippen LogP contribution is 2.37. The molecule has 3 aliphatic heterocycles. The van der Waals surface area contributed by atoms with Gasteiger partial charge in [0.25, 0.3) is 0 Å². The minimum absolute atomic E-state index is 0.664. The number of ether oxygens (including phenoxy) is 1. The number of hydrogen-bond acceptors (Lipinski definition) is 5. The number of aromatic nitrogens is 2. The zero-order valence-corrected chi connectivity index (χ0v) is 18.8. The van der Waals surface area contributed by atoms with Crippen molar-refractivity contribution in [1.29, 1.82) is 0 Å². The molecule has 6 heteroatoms. The molecule has 32 heavy (non-hydrogen) atoms. The molecule has 6 nitrogen and oxygen atoms in total. The molecular formula is C26H30N4O2. The van der Waals surface area contributed by atoms with E-state index in [0.29, 0.717) is 6.04 Å². The van der Waals surface area contributed by atoms with Gasteiger partial charge in [0.1, 0.15) is 5.75 Å². The van der Waals surface area contributed by atoms with E-state index in [0.717, 1.165) is 59.0 Å². The summed E-state index contributed by atoms with van der Waals surface area (Å²) in [7, 11) is 0. The van der Waals surface area contributed by atoms with Gasteiger partial charge in [0.2, 0.25) is 6.29 Å². The van der Waals surface area contributed by atoms with Crippen LogP contribution < -0.4 is 9.64 Å². The topological polar surface area (TPSA) is 53.2 Å². The fourth-order valence-electron chi connectivity index (χ4n) is 5.57. The van der Waals surface area contributed by atoms with Gasteiger partial charge in [0.15, 0.2) is 0 Å². The largest absolute Gasteiger partial charge is 0.460 e. The van der Waals surface area contributed by atoms with Crippen molar-refractivity contribution < 1.29 is 9.84 Å². The van der Waals surface area contributed by atoms with Crippen LogP contribution in [0, 0.1) is 13.8 Å². The Morgan fingerprint density at radius 1 is 1.06 bits per heavy atom. The average molecular weight is 431 g/mol. The fourth-order valence-corrected chi connectivity index (χ4v) is 5.57. The highest BCUT2D eigenvalue weighted by Gasteiger charge is 2.30. The van der Waals surface area contributed by atoms with E-state index >= 15 is 0 Å². The van der Waals surface area contributed by atoms with Crippen molar-refractivity contribution in [2.24, 2.45) is 0 Å². The maximum Gasteiger partial charge on any atom is 0.224 e. The summed E-state index contributed by atoms with van der Waals surface area (Å²) in [6.07, 6.45) is 9.09. The second kappa shape index (κ2) is 7.64. The van der Waals surface area contributed by atoms with E-state index in [9.17, 15) is 5.11 Å². The Hall–Kier alpha value is -2.83. The number of anilines is 1. The third-order valence-electron chi connectivity index (χ3n) is 7.24. The van der Waals surface area contributed by atoms with Crippen molar-refractivity contribution in [2.45, 2.75) is 45.4 Å². The molecule has 0 aliphatic carbocycles. The smallest absolute Gasteiger partial charge is 0.224 e. The lowest BCUT2D eigenvalue weighted by Crippen LogP contribution is -2.54. The molecule has 2 saturated heterocycles. The predicted molar refractivity (Wildman–Crippen MR) is 127 cm³/mol. The first-order valence-electron chi connectivity index (χ1n) is 11.7. The van der Waals surface area contributed by atoms with Crippen molar-refractivity contribution in [3.05, 3.63) is 59.2 Å². The number of rotatable bonds is 2. The summed E-state index contributed by atoms with van der Waals surface area (Å²) < 4.78 is 8.09. The second-order valence-electron chi connectivity index (χ2n) is 9.41. The number of aliphatic hydroxyl groups is 1. The van der Waals surface area contributed by atoms with Gasteiger partial charge in [-0.15, -0.1) is 0 Å². The SMILES string of the molecule is Cc1cn2cc(C3=Cc4ccc(N5CCN6CCCCC6C5)cc4OC3O)cc2c(C)n1. The standard InChI is InChI=1S/C26H30N4O2/c1-17-14-30-15-20(12-24(30)18(2)27-17)23-11-19-6-7-21(13-25(19)32-26(23)31)29-10-9-28-8-4-3-5-22(28)16-29/h6-7,11-15,22,26,31H,3-5,8-10,16H2,1-2H3. The summed E-state index contributed by atoms with van der Waals surface area (Å²) in [5, 5.41) is 10.8. The first-order valence-corrected chi connectivity index (χ1v) is 11.7. The second-order valence-corrected chi connectivity index (χ2v) is 9.41. The van der Waals surface area contributed by atoms with Crippen LogP contribution in [0.4, 0.5) is 5.69 Å². The predicted octanol–water partition coefficient (Wildman–Crippen LogP) is 3.88. The number of aryl methyl sites for hydroxylation is 2. The van der Waals surface area contributed by atoms with Crippen LogP contribution in [0.3, 0.4) is 0 Å². The molecule has 5 heterocycles. The molecule has 0 amide bonds. The van der Waals surface area contributed by atoms with Gasteiger partial charge in [-0.2, -0.15) is 0 Å². The van der Waals surface area contributed by atoms with Crippen LogP contribution >= 0.6 is 0 Å². The Morgan fingerprint density at radius 3 is 2.88 bits per heavy atom. The molecule has 0 bridgehead atoms. The third-order valence-corrected chi connectivity index (χ3v) is 7.24. The van der Waals surface area contributed by atoms with Crippen LogP contribution in [0.5, 0.6) is 5.75 Å². The molecule has 166 valence electrons. The molecule has 3 aliphatic rings. The van der Waals surface area contributed by atoms with Crippen LogP contribution in [0.25, 0.3) is 17.2 Å². The number of piperazine rings is 1. The number of aliphatic hydroxyl groups excluding tert-OH is 1. The Bertz CT molecular complexity index is 1210. The summed E-state index contributed by atoms with van der Waals surface area (Å²) >= 11 is 0. The lowest BCUT2D eigenvalue weighted by atomic mass is 9.98. The van der Waals surface area contributed by atoms with E-state index in [1.807, 2.05) is 26.2 Å². The Balaban J connectivity index is 1.29. The summed E-state index contributed by atoms with van der Waals surface area (Å²) in [4.78, 5) is 9.67. The minimum atomic E-state index is -0.986. The van der Waals surface area contributed by atoms with Gasteiger partial charge in [-0.3, -0.25) is 9.88 Å². The first kappa shape index (κ1) is 19.8. The minimum Gasteiger partial charge on any atom is -0.460 e. The van der Waals surface area contributed by atoms with Gasteiger partial charge in [-0.1, -0.05) is 6.42 Å². The van der Waals surface area contributed by atoms with Crippen LogP contribution in [-0.4, -0.2) is 57.9 Å². The molecule has 3 aromatic rings. The molecule has 2 atom stereocenters. The van der Waals surface area contributed by atoms with Gasteiger partial charge >= 0.3 is 0 Å². The van der Waals surface area contributed by atoms with Gasteiger partial charge < -0.3 is 19.1 Å². The third kappa shape index (κ3) is 3.38. The van der Waals surface area contributed by atoms with E-state index in [1.165, 1.54) is 31.5 Å². The van der Waals surface area contributed by atoms with Gasteiger partial charge in [-0.05, 0) is 57.5 Å². The zero-order chi connectivity index (χ0) is 21.8. The van der Waals surface area contributed by atoms with Gasteiger partial charge in [-0.25, -0.2) is 0 Å². The molecular weight excluding hydrogens is 400 g/mol. The Morgan fingerprint density at radius 2 is 1.97 bits per heavy atom. The first-order chi connectivity index (χ1) is 15.5. The maximum atomic E-state index is 10.8. The van der Waals surface area contributed by atoms with E-state index in [1.54, 1.807) is 0 Å². The summed E-state index contributed by atoms with van der Waals surface area (Å²) in [5.41, 5.74) is 6.92. The molecule has 2 unspecified atom stereocenters. The molecule has 1 aromatic carbocycles. The van der Waals surface area contributed by atoms with Crippen molar-refractivity contribution in [3.63, 3.8) is 0 Å². The van der Waals surface area contributed by atoms with E-state index < -0.39 is 6.29 Å². The van der Waals surface area contributed by atoms with Crippen LogP contribution in [0.1, 0.15) is 41.8 Å². The number of piperidine rings is 1. The highest BCUT2D eigenvalue weighted by molar-refractivity contribution is 5.88. The van der Waals surface area contributed by atoms with Gasteiger partial charge in [0, 0.05) is 66.5 Å². The highest BCUT2D eigenvalue weighted by atomic mass is 16.6. The number of hydrogen-bond donors (Lipinski definition) is 1. The lowest BCUT2D eigenvalue weighted by Gasteiger charge is -2.45. The van der Waals surface area contributed by atoms with Crippen molar-refractivity contribution >= 4 is 22.9 Å². The quantitative estimate of drug-likeness (QED) is 0.669.